The second kappa shape index (κ2) is 16.5. The lowest BCUT2D eigenvalue weighted by molar-refractivity contribution is -0.137. The smallest absolute Gasteiger partial charge is 0.280 e. The first-order chi connectivity index (χ1) is 25.4. The van der Waals surface area contributed by atoms with Gasteiger partial charge >= 0.3 is 0 Å². The van der Waals surface area contributed by atoms with Crippen LogP contribution in [0.3, 0.4) is 0 Å². The number of halogens is 2. The zero-order valence-corrected chi connectivity index (χ0v) is 31.0. The Morgan fingerprint density at radius 1 is 0.962 bits per heavy atom. The van der Waals surface area contributed by atoms with E-state index in [0.717, 1.165) is 37.2 Å². The van der Waals surface area contributed by atoms with Gasteiger partial charge in [-0.25, -0.2) is 18.7 Å². The highest BCUT2D eigenvalue weighted by Gasteiger charge is 2.40. The molecule has 1 atom stereocenters. The summed E-state index contributed by atoms with van der Waals surface area (Å²) in [7, 11) is 2.17. The molecule has 2 aliphatic heterocycles. The first-order valence-corrected chi connectivity index (χ1v) is 18.8. The SMILES string of the molecule is CC(C)Oc1cc2nc(C3CCCCC3)cn2cc1C(=O)Nc1cccc(C(F)F)n1.CN1CCC(c2ccc(C3(C)CCC(=O)NC3=O)cc2)CC1. The summed E-state index contributed by atoms with van der Waals surface area (Å²) in [6, 6.07) is 14.4. The van der Waals surface area contributed by atoms with Crippen molar-refractivity contribution in [2.75, 3.05) is 25.5 Å². The van der Waals surface area contributed by atoms with Crippen LogP contribution in [0.2, 0.25) is 0 Å². The molecule has 3 amide bonds. The zero-order chi connectivity index (χ0) is 37.7. The number of nitrogens with zero attached hydrogens (tertiary/aromatic N) is 4. The maximum Gasteiger partial charge on any atom is 0.280 e. The van der Waals surface area contributed by atoms with Crippen molar-refractivity contribution < 1.29 is 27.9 Å². The van der Waals surface area contributed by atoms with Crippen molar-refractivity contribution in [3.05, 3.63) is 89.0 Å². The summed E-state index contributed by atoms with van der Waals surface area (Å²) in [5, 5.41) is 5.07. The number of amides is 3. The van der Waals surface area contributed by atoms with Gasteiger partial charge < -0.3 is 19.4 Å². The topological polar surface area (TPSA) is 118 Å². The Hall–Kier alpha value is -4.71. The van der Waals surface area contributed by atoms with E-state index in [4.69, 9.17) is 9.72 Å². The number of pyridine rings is 2. The Kier molecular flexibility index (Phi) is 11.9. The van der Waals surface area contributed by atoms with Crippen molar-refractivity contribution in [2.45, 2.75) is 108 Å². The van der Waals surface area contributed by atoms with Crippen LogP contribution < -0.4 is 15.4 Å². The lowest BCUT2D eigenvalue weighted by atomic mass is 9.75. The summed E-state index contributed by atoms with van der Waals surface area (Å²) < 4.78 is 33.6. The van der Waals surface area contributed by atoms with Gasteiger partial charge in [0, 0.05) is 30.8 Å². The van der Waals surface area contributed by atoms with E-state index in [2.05, 4.69) is 51.8 Å². The Labute approximate surface area is 309 Å². The monoisotopic (exact) mass is 728 g/mol. The molecule has 12 heteroatoms. The molecule has 4 aromatic rings. The standard InChI is InChI=1S/C23H26F2N4O2.C18H24N2O2/c1-14(2)31-19-11-21-27-18(15-7-4-3-5-8-15)13-29(21)12-16(19)23(30)28-20-10-6-9-17(26-20)22(24)25;1-18(10-7-16(21)19-17(18)22)15-5-3-13(4-6-15)14-8-11-20(2)12-9-14/h6,9-15,22H,3-5,7-8H2,1-2H3,(H,26,28,30);3-6,14H,7-12H2,1-2H3,(H,19,21,22). The number of ether oxygens (including phenoxy) is 1. The maximum atomic E-state index is 13.0. The highest BCUT2D eigenvalue weighted by atomic mass is 19.3. The third-order valence-electron chi connectivity index (χ3n) is 10.8. The van der Waals surface area contributed by atoms with Crippen molar-refractivity contribution in [3.8, 4) is 5.75 Å². The minimum atomic E-state index is -2.71. The minimum Gasteiger partial charge on any atom is -0.490 e. The molecule has 1 aromatic carbocycles. The van der Waals surface area contributed by atoms with Gasteiger partial charge in [-0.3, -0.25) is 19.7 Å². The predicted molar refractivity (Wildman–Crippen MR) is 200 cm³/mol. The fourth-order valence-corrected chi connectivity index (χ4v) is 7.52. The number of alkyl halides is 2. The van der Waals surface area contributed by atoms with Gasteiger partial charge in [-0.05, 0) is 102 Å². The molecular weight excluding hydrogens is 678 g/mol. The number of nitrogens with one attached hydrogen (secondary N) is 2. The molecule has 10 nitrogen and oxygen atoms in total. The van der Waals surface area contributed by atoms with Crippen LogP contribution in [0.5, 0.6) is 5.75 Å². The lowest BCUT2D eigenvalue weighted by Gasteiger charge is -2.33. The molecule has 1 aliphatic carbocycles. The second-order valence-corrected chi connectivity index (χ2v) is 15.1. The van der Waals surface area contributed by atoms with E-state index in [1.54, 1.807) is 12.3 Å². The van der Waals surface area contributed by atoms with Gasteiger partial charge in [0.05, 0.1) is 22.8 Å². The Bertz CT molecular complexity index is 1920. The van der Waals surface area contributed by atoms with Gasteiger partial charge in [0.25, 0.3) is 12.3 Å². The molecule has 1 unspecified atom stereocenters. The minimum absolute atomic E-state index is 0.0620. The number of imide groups is 1. The number of rotatable bonds is 8. The van der Waals surface area contributed by atoms with Crippen molar-refractivity contribution in [1.82, 2.24) is 24.6 Å². The molecule has 282 valence electrons. The number of carbonyl (C=O) groups excluding carboxylic acids is 3. The average Bonchev–Trinajstić information content (AvgIpc) is 3.57. The molecule has 1 saturated carbocycles. The van der Waals surface area contributed by atoms with E-state index < -0.39 is 23.4 Å². The normalized spacial score (nSPS) is 20.3. The van der Waals surface area contributed by atoms with Gasteiger partial charge in [-0.2, -0.15) is 0 Å². The van der Waals surface area contributed by atoms with Crippen LogP contribution in [-0.4, -0.2) is 63.2 Å². The molecule has 2 saturated heterocycles. The van der Waals surface area contributed by atoms with Crippen LogP contribution in [0.15, 0.2) is 60.9 Å². The average molecular weight is 729 g/mol. The summed E-state index contributed by atoms with van der Waals surface area (Å²) in [6.07, 6.45) is 10.1. The largest absolute Gasteiger partial charge is 0.490 e. The van der Waals surface area contributed by atoms with Gasteiger partial charge in [0.15, 0.2) is 0 Å². The molecule has 7 rings (SSSR count). The van der Waals surface area contributed by atoms with Crippen LogP contribution in [0.25, 0.3) is 5.65 Å². The van der Waals surface area contributed by atoms with Crippen LogP contribution >= 0.6 is 0 Å². The highest BCUT2D eigenvalue weighted by molar-refractivity contribution is 6.06. The van der Waals surface area contributed by atoms with Gasteiger partial charge in [-0.15, -0.1) is 0 Å². The summed E-state index contributed by atoms with van der Waals surface area (Å²) in [4.78, 5) is 47.5. The van der Waals surface area contributed by atoms with Crippen molar-refractivity contribution in [2.24, 2.45) is 0 Å². The molecule has 3 fully saturated rings. The van der Waals surface area contributed by atoms with Crippen LogP contribution in [0.1, 0.15) is 130 Å². The lowest BCUT2D eigenvalue weighted by Crippen LogP contribution is -2.49. The summed E-state index contributed by atoms with van der Waals surface area (Å²) in [5.74, 6) is 0.699. The number of likely N-dealkylation sites (tertiary alicyclic amines) is 1. The second-order valence-electron chi connectivity index (χ2n) is 15.1. The van der Waals surface area contributed by atoms with Crippen molar-refractivity contribution in [1.29, 1.82) is 0 Å². The molecule has 0 spiro atoms. The number of piperidine rings is 2. The van der Waals surface area contributed by atoms with E-state index in [-0.39, 0.29) is 29.3 Å². The van der Waals surface area contributed by atoms with Crippen molar-refractivity contribution >= 4 is 29.2 Å². The number of anilines is 1. The first-order valence-electron chi connectivity index (χ1n) is 18.8. The Morgan fingerprint density at radius 3 is 2.34 bits per heavy atom. The number of carbonyl (C=O) groups is 3. The Morgan fingerprint density at radius 2 is 1.68 bits per heavy atom. The molecule has 0 radical (unpaired) electrons. The quantitative estimate of drug-likeness (QED) is 0.177. The zero-order valence-electron chi connectivity index (χ0n) is 31.0. The molecule has 5 heterocycles. The van der Waals surface area contributed by atoms with E-state index >= 15 is 0 Å². The fraction of sp³-hybridized carbons (Fsp3) is 0.488. The fourth-order valence-electron chi connectivity index (χ4n) is 7.52. The molecule has 2 N–H and O–H groups in total. The number of fused-ring (bicyclic) bond motifs is 1. The molecule has 3 aromatic heterocycles. The number of hydrogen-bond acceptors (Lipinski definition) is 7. The maximum absolute atomic E-state index is 13.0. The Balaban J connectivity index is 0.000000192. The molecule has 3 aliphatic rings. The third-order valence-corrected chi connectivity index (χ3v) is 10.8. The highest BCUT2D eigenvalue weighted by Crippen LogP contribution is 2.35. The van der Waals surface area contributed by atoms with E-state index in [9.17, 15) is 23.2 Å². The third kappa shape index (κ3) is 9.09. The first kappa shape index (κ1) is 38.0. The molecule has 53 heavy (non-hydrogen) atoms. The van der Waals surface area contributed by atoms with Gasteiger partial charge in [0.2, 0.25) is 11.8 Å². The number of benzene rings is 1. The number of imidazole rings is 1. The predicted octanol–water partition coefficient (Wildman–Crippen LogP) is 7.94. The number of hydrogen-bond donors (Lipinski definition) is 2. The van der Waals surface area contributed by atoms with Crippen LogP contribution in [-0.2, 0) is 15.0 Å². The van der Waals surface area contributed by atoms with Crippen molar-refractivity contribution in [3.63, 3.8) is 0 Å². The van der Waals surface area contributed by atoms with Gasteiger partial charge in [-0.1, -0.05) is 49.6 Å². The van der Waals surface area contributed by atoms with Gasteiger partial charge in [0.1, 0.15) is 22.9 Å². The summed E-state index contributed by atoms with van der Waals surface area (Å²) >= 11 is 0. The molecular formula is C41H50F2N6O4. The number of aromatic nitrogens is 3. The molecule has 0 bridgehead atoms. The van der Waals surface area contributed by atoms with Crippen LogP contribution in [0, 0.1) is 0 Å². The van der Waals surface area contributed by atoms with E-state index in [1.807, 2.05) is 31.4 Å². The van der Waals surface area contributed by atoms with E-state index in [0.29, 0.717) is 36.1 Å². The van der Waals surface area contributed by atoms with Crippen LogP contribution in [0.4, 0.5) is 14.6 Å². The summed E-state index contributed by atoms with van der Waals surface area (Å²) in [6.45, 7) is 7.97. The van der Waals surface area contributed by atoms with E-state index in [1.165, 1.54) is 55.9 Å². The summed E-state index contributed by atoms with van der Waals surface area (Å²) in [5.41, 5.74) is 3.43.